The van der Waals surface area contributed by atoms with E-state index in [4.69, 9.17) is 26.5 Å². The number of oxazole rings is 1. The Kier molecular flexibility index (Phi) is 5.40. The quantitative estimate of drug-likeness (QED) is 0.826. The van der Waals surface area contributed by atoms with Crippen molar-refractivity contribution >= 4 is 11.6 Å². The van der Waals surface area contributed by atoms with Gasteiger partial charge in [0.25, 0.3) is 0 Å². The van der Waals surface area contributed by atoms with Crippen LogP contribution in [0.3, 0.4) is 0 Å². The molecule has 0 saturated heterocycles. The molecule has 6 nitrogen and oxygen atoms in total. The molecule has 1 aromatic carbocycles. The first-order valence-electron chi connectivity index (χ1n) is 8.01. The number of hydrogen-bond acceptors (Lipinski definition) is 6. The lowest BCUT2D eigenvalue weighted by molar-refractivity contribution is 0.111. The van der Waals surface area contributed by atoms with Crippen molar-refractivity contribution in [2.24, 2.45) is 5.73 Å². The molecule has 2 heterocycles. The monoisotopic (exact) mass is 351 g/mol. The van der Waals surface area contributed by atoms with Gasteiger partial charge in [0.2, 0.25) is 0 Å². The van der Waals surface area contributed by atoms with Gasteiger partial charge in [0.15, 0.2) is 12.2 Å². The Morgan fingerprint density at radius 1 is 1.50 bits per heavy atom. The van der Waals surface area contributed by atoms with Crippen molar-refractivity contribution in [2.45, 2.75) is 32.6 Å². The number of nitrogens with zero attached hydrogens (tertiary/aromatic N) is 2. The fraction of sp³-hybridized carbons (Fsp3) is 0.471. The molecule has 130 valence electrons. The summed E-state index contributed by atoms with van der Waals surface area (Å²) in [5.74, 6) is 1.35. The van der Waals surface area contributed by atoms with Gasteiger partial charge in [0, 0.05) is 26.2 Å². The first kappa shape index (κ1) is 17.2. The average Bonchev–Trinajstić information content (AvgIpc) is 2.99. The van der Waals surface area contributed by atoms with E-state index in [9.17, 15) is 5.11 Å². The molecule has 0 bridgehead atoms. The molecule has 7 heteroatoms. The average molecular weight is 352 g/mol. The molecule has 0 radical (unpaired) electrons. The summed E-state index contributed by atoms with van der Waals surface area (Å²) in [5, 5.41) is 10.4. The van der Waals surface area contributed by atoms with Crippen molar-refractivity contribution in [1.82, 2.24) is 9.88 Å². The second kappa shape index (κ2) is 7.53. The maximum atomic E-state index is 9.71. The van der Waals surface area contributed by atoms with Crippen LogP contribution in [-0.4, -0.2) is 40.7 Å². The van der Waals surface area contributed by atoms with Crippen LogP contribution in [0.25, 0.3) is 0 Å². The number of benzene rings is 1. The number of aliphatic hydroxyl groups is 1. The highest BCUT2D eigenvalue weighted by Gasteiger charge is 2.22. The Morgan fingerprint density at radius 3 is 3.04 bits per heavy atom. The van der Waals surface area contributed by atoms with Gasteiger partial charge >= 0.3 is 0 Å². The molecule has 1 atom stereocenters. The highest BCUT2D eigenvalue weighted by atomic mass is 35.5. The molecule has 0 aliphatic carbocycles. The van der Waals surface area contributed by atoms with E-state index in [1.807, 2.05) is 19.1 Å². The summed E-state index contributed by atoms with van der Waals surface area (Å²) in [7, 11) is 0. The first-order valence-corrected chi connectivity index (χ1v) is 8.38. The van der Waals surface area contributed by atoms with Gasteiger partial charge in [0.1, 0.15) is 12.4 Å². The topological polar surface area (TPSA) is 84.8 Å². The molecule has 0 amide bonds. The normalized spacial score (nSPS) is 16.0. The second-order valence-corrected chi connectivity index (χ2v) is 6.42. The molecule has 0 saturated carbocycles. The van der Waals surface area contributed by atoms with Crippen molar-refractivity contribution < 1.29 is 14.3 Å². The van der Waals surface area contributed by atoms with Crippen LogP contribution in [0.4, 0.5) is 0 Å². The molecule has 2 aromatic rings. The highest BCUT2D eigenvalue weighted by molar-refractivity contribution is 6.33. The molecular weight excluding hydrogens is 330 g/mol. The second-order valence-electron chi connectivity index (χ2n) is 6.04. The van der Waals surface area contributed by atoms with E-state index in [1.54, 1.807) is 0 Å². The Hall–Kier alpha value is -1.60. The Bertz CT molecular complexity index is 704. The third-order valence-corrected chi connectivity index (χ3v) is 4.74. The zero-order chi connectivity index (χ0) is 17.1. The van der Waals surface area contributed by atoms with Crippen LogP contribution in [0.2, 0.25) is 5.02 Å². The van der Waals surface area contributed by atoms with E-state index in [2.05, 4.69) is 9.88 Å². The summed E-state index contributed by atoms with van der Waals surface area (Å²) < 4.78 is 11.1. The number of hydrogen-bond donors (Lipinski definition) is 2. The van der Waals surface area contributed by atoms with Crippen LogP contribution in [0.15, 0.2) is 22.9 Å². The highest BCUT2D eigenvalue weighted by Crippen LogP contribution is 2.34. The molecule has 1 aliphatic rings. The predicted molar refractivity (Wildman–Crippen MR) is 91.1 cm³/mol. The van der Waals surface area contributed by atoms with E-state index >= 15 is 0 Å². The smallest absolute Gasteiger partial charge is 0.181 e. The number of aliphatic hydroxyl groups excluding tert-OH is 1. The molecule has 1 aromatic heterocycles. The van der Waals surface area contributed by atoms with Crippen LogP contribution in [0.5, 0.6) is 5.75 Å². The lowest BCUT2D eigenvalue weighted by Gasteiger charge is -2.31. The lowest BCUT2D eigenvalue weighted by Crippen LogP contribution is -2.39. The van der Waals surface area contributed by atoms with Gasteiger partial charge in [-0.2, -0.15) is 0 Å². The molecule has 3 N–H and O–H groups in total. The van der Waals surface area contributed by atoms with Crippen molar-refractivity contribution in [3.63, 3.8) is 0 Å². The Labute approximate surface area is 146 Å². The minimum atomic E-state index is -0.491. The van der Waals surface area contributed by atoms with Crippen LogP contribution >= 0.6 is 11.6 Å². The van der Waals surface area contributed by atoms with E-state index < -0.39 is 6.10 Å². The summed E-state index contributed by atoms with van der Waals surface area (Å²) in [6, 6.07) is 3.92. The number of aromatic nitrogens is 1. The zero-order valence-electron chi connectivity index (χ0n) is 13.7. The van der Waals surface area contributed by atoms with Crippen molar-refractivity contribution in [2.75, 3.05) is 19.6 Å². The van der Waals surface area contributed by atoms with Gasteiger partial charge in [-0.1, -0.05) is 17.7 Å². The maximum Gasteiger partial charge on any atom is 0.181 e. The van der Waals surface area contributed by atoms with Crippen LogP contribution in [0.1, 0.15) is 22.6 Å². The van der Waals surface area contributed by atoms with Crippen LogP contribution in [0, 0.1) is 6.92 Å². The van der Waals surface area contributed by atoms with E-state index in [0.29, 0.717) is 29.7 Å². The summed E-state index contributed by atoms with van der Waals surface area (Å²) >= 11 is 6.53. The summed E-state index contributed by atoms with van der Waals surface area (Å²) in [6.07, 6.45) is 1.74. The molecular formula is C17H22ClN3O3. The fourth-order valence-electron chi connectivity index (χ4n) is 2.90. The maximum absolute atomic E-state index is 9.71. The van der Waals surface area contributed by atoms with Gasteiger partial charge in [0.05, 0.1) is 16.8 Å². The number of β-amino-alcohol motifs (C(OH)–C–C–N with tert-alkyl or cyclic N) is 1. The van der Waals surface area contributed by atoms with Crippen molar-refractivity contribution in [3.8, 4) is 5.75 Å². The molecule has 24 heavy (non-hydrogen) atoms. The van der Waals surface area contributed by atoms with Gasteiger partial charge in [-0.05, 0) is 30.5 Å². The van der Waals surface area contributed by atoms with Gasteiger partial charge in [-0.15, -0.1) is 0 Å². The number of aryl methyl sites for hydroxylation is 1. The zero-order valence-corrected chi connectivity index (χ0v) is 14.4. The minimum Gasteiger partial charge on any atom is -0.484 e. The number of rotatable bonds is 6. The molecule has 0 fully saturated rings. The number of ether oxygens (including phenoxy) is 1. The molecule has 3 rings (SSSR count). The molecule has 0 unspecified atom stereocenters. The van der Waals surface area contributed by atoms with E-state index in [0.717, 1.165) is 30.8 Å². The first-order chi connectivity index (χ1) is 11.6. The number of halogens is 1. The van der Waals surface area contributed by atoms with Crippen LogP contribution < -0.4 is 10.5 Å². The fourth-order valence-corrected chi connectivity index (χ4v) is 3.23. The summed E-state index contributed by atoms with van der Waals surface area (Å²) in [6.45, 7) is 4.64. The van der Waals surface area contributed by atoms with Gasteiger partial charge < -0.3 is 20.0 Å². The number of fused-ring (bicyclic) bond motifs is 1. The largest absolute Gasteiger partial charge is 0.484 e. The molecule has 1 aliphatic heterocycles. The van der Waals surface area contributed by atoms with Crippen molar-refractivity contribution in [1.29, 1.82) is 0 Å². The van der Waals surface area contributed by atoms with E-state index in [1.165, 1.54) is 12.0 Å². The molecule has 0 spiro atoms. The van der Waals surface area contributed by atoms with Crippen molar-refractivity contribution in [3.05, 3.63) is 46.1 Å². The van der Waals surface area contributed by atoms with Crippen LogP contribution in [-0.2, 0) is 19.6 Å². The third kappa shape index (κ3) is 3.72. The SMILES string of the molecule is Cc1ncoc1COc1ccc2c(c1Cl)CCN(C[C@@H](O)CN)C2. The lowest BCUT2D eigenvalue weighted by atomic mass is 9.99. The third-order valence-electron chi connectivity index (χ3n) is 4.32. The Morgan fingerprint density at radius 2 is 2.33 bits per heavy atom. The predicted octanol–water partition coefficient (Wildman–Crippen LogP) is 1.89. The summed E-state index contributed by atoms with van der Waals surface area (Å²) in [4.78, 5) is 6.24. The van der Waals surface area contributed by atoms with Gasteiger partial charge in [-0.25, -0.2) is 4.98 Å². The Balaban J connectivity index is 1.69. The number of nitrogens with two attached hydrogens (primary N) is 1. The standard InChI is InChI=1S/C17H22ClN3O3/c1-11-16(24-10-20-11)9-23-15-3-2-12-7-21(8-13(22)6-19)5-4-14(12)17(15)18/h2-3,10,13,22H,4-9,19H2,1H3/t13-/m0/s1. The minimum absolute atomic E-state index is 0.276. The van der Waals surface area contributed by atoms with E-state index in [-0.39, 0.29) is 6.54 Å². The van der Waals surface area contributed by atoms with Gasteiger partial charge in [-0.3, -0.25) is 4.90 Å². The summed E-state index contributed by atoms with van der Waals surface area (Å²) in [5.41, 5.74) is 8.58.